The summed E-state index contributed by atoms with van der Waals surface area (Å²) < 4.78 is 5.30. The molecule has 1 N–H and O–H groups in total. The fraction of sp³-hybridized carbons (Fsp3) is 0.364. The van der Waals surface area contributed by atoms with Crippen LogP contribution in [0, 0.1) is 5.92 Å². The maximum absolute atomic E-state index is 13.0. The standard InChI is InChI=1S/C22H25N3O3/c26-21(23-24-12-14-28-15-13-24)19-10-11-25(22(19)27)20-9-5-4-8-18(20)16-17-6-2-1-3-7-17/h1-9,19H,10-16H2,(H,23,26)/t19-/m0/s1. The lowest BCUT2D eigenvalue weighted by atomic mass is 10.0. The average molecular weight is 379 g/mol. The quantitative estimate of drug-likeness (QED) is 0.807. The summed E-state index contributed by atoms with van der Waals surface area (Å²) in [6.07, 6.45) is 1.29. The number of carbonyl (C=O) groups is 2. The first-order chi connectivity index (χ1) is 13.7. The molecule has 2 aromatic rings. The summed E-state index contributed by atoms with van der Waals surface area (Å²) in [6.45, 7) is 3.05. The van der Waals surface area contributed by atoms with Gasteiger partial charge in [0.15, 0.2) is 0 Å². The zero-order valence-corrected chi connectivity index (χ0v) is 15.8. The number of carbonyl (C=O) groups excluding carboxylic acids is 2. The SMILES string of the molecule is O=C(NN1CCOCC1)[C@@H]1CCN(c2ccccc2Cc2ccccc2)C1=O. The molecule has 0 aromatic heterocycles. The lowest BCUT2D eigenvalue weighted by Crippen LogP contribution is -2.51. The van der Waals surface area contributed by atoms with E-state index in [0.29, 0.717) is 39.3 Å². The van der Waals surface area contributed by atoms with Crippen molar-refractivity contribution in [3.63, 3.8) is 0 Å². The van der Waals surface area contributed by atoms with Crippen molar-refractivity contribution < 1.29 is 14.3 Å². The number of rotatable bonds is 5. The molecule has 2 amide bonds. The molecule has 0 radical (unpaired) electrons. The van der Waals surface area contributed by atoms with Crippen molar-refractivity contribution in [3.8, 4) is 0 Å². The van der Waals surface area contributed by atoms with Crippen molar-refractivity contribution in [3.05, 3.63) is 65.7 Å². The van der Waals surface area contributed by atoms with Crippen LogP contribution >= 0.6 is 0 Å². The highest BCUT2D eigenvalue weighted by Gasteiger charge is 2.38. The molecule has 0 unspecified atom stereocenters. The Morgan fingerprint density at radius 1 is 1.00 bits per heavy atom. The van der Waals surface area contributed by atoms with Crippen molar-refractivity contribution >= 4 is 17.5 Å². The predicted molar refractivity (Wildman–Crippen MR) is 107 cm³/mol. The molecule has 1 atom stereocenters. The van der Waals surface area contributed by atoms with Crippen molar-refractivity contribution in [1.82, 2.24) is 10.4 Å². The molecule has 0 aliphatic carbocycles. The number of ether oxygens (including phenoxy) is 1. The summed E-state index contributed by atoms with van der Waals surface area (Å²) >= 11 is 0. The van der Waals surface area contributed by atoms with Crippen molar-refractivity contribution in [2.45, 2.75) is 12.8 Å². The number of anilines is 1. The highest BCUT2D eigenvalue weighted by atomic mass is 16.5. The molecule has 0 spiro atoms. The van der Waals surface area contributed by atoms with Crippen LogP contribution in [0.3, 0.4) is 0 Å². The minimum Gasteiger partial charge on any atom is -0.379 e. The van der Waals surface area contributed by atoms with E-state index < -0.39 is 5.92 Å². The van der Waals surface area contributed by atoms with Crippen LogP contribution < -0.4 is 10.3 Å². The van der Waals surface area contributed by atoms with E-state index in [-0.39, 0.29) is 11.8 Å². The zero-order chi connectivity index (χ0) is 19.3. The summed E-state index contributed by atoms with van der Waals surface area (Å²) in [5.41, 5.74) is 6.08. The summed E-state index contributed by atoms with van der Waals surface area (Å²) in [7, 11) is 0. The van der Waals surface area contributed by atoms with Gasteiger partial charge in [-0.25, -0.2) is 5.01 Å². The second-order valence-corrected chi connectivity index (χ2v) is 7.20. The third-order valence-electron chi connectivity index (χ3n) is 5.32. The summed E-state index contributed by atoms with van der Waals surface area (Å²) in [5, 5.41) is 1.84. The third-order valence-corrected chi connectivity index (χ3v) is 5.32. The molecule has 2 aliphatic rings. The molecule has 2 aliphatic heterocycles. The van der Waals surface area contributed by atoms with Gasteiger partial charge in [0.2, 0.25) is 11.8 Å². The average Bonchev–Trinajstić information content (AvgIpc) is 3.11. The largest absolute Gasteiger partial charge is 0.379 e. The van der Waals surface area contributed by atoms with Gasteiger partial charge in [0, 0.05) is 25.3 Å². The minimum absolute atomic E-state index is 0.119. The molecule has 0 bridgehead atoms. The Labute approximate surface area is 165 Å². The monoisotopic (exact) mass is 379 g/mol. The summed E-state index contributed by atoms with van der Waals surface area (Å²) in [6, 6.07) is 18.2. The summed E-state index contributed by atoms with van der Waals surface area (Å²) in [5.74, 6) is -0.964. The zero-order valence-electron chi connectivity index (χ0n) is 15.8. The topological polar surface area (TPSA) is 61.9 Å². The maximum Gasteiger partial charge on any atom is 0.246 e. The van der Waals surface area contributed by atoms with E-state index in [9.17, 15) is 9.59 Å². The van der Waals surface area contributed by atoms with E-state index >= 15 is 0 Å². The normalized spacial score (nSPS) is 20.4. The number of hydrogen-bond acceptors (Lipinski definition) is 4. The Hall–Kier alpha value is -2.70. The van der Waals surface area contributed by atoms with Gasteiger partial charge in [0.25, 0.3) is 0 Å². The number of nitrogens with zero attached hydrogens (tertiary/aromatic N) is 2. The van der Waals surface area contributed by atoms with Gasteiger partial charge in [-0.1, -0.05) is 48.5 Å². The van der Waals surface area contributed by atoms with Crippen LogP contribution in [0.15, 0.2) is 54.6 Å². The molecule has 146 valence electrons. The number of nitrogens with one attached hydrogen (secondary N) is 1. The maximum atomic E-state index is 13.0. The van der Waals surface area contributed by atoms with E-state index in [2.05, 4.69) is 23.6 Å². The molecule has 4 rings (SSSR count). The van der Waals surface area contributed by atoms with E-state index in [0.717, 1.165) is 17.7 Å². The first-order valence-electron chi connectivity index (χ1n) is 9.79. The Morgan fingerprint density at radius 2 is 1.71 bits per heavy atom. The van der Waals surface area contributed by atoms with Gasteiger partial charge in [-0.15, -0.1) is 0 Å². The second-order valence-electron chi connectivity index (χ2n) is 7.20. The molecule has 2 heterocycles. The van der Waals surface area contributed by atoms with Crippen molar-refractivity contribution in [2.75, 3.05) is 37.7 Å². The van der Waals surface area contributed by atoms with Crippen molar-refractivity contribution in [2.24, 2.45) is 5.92 Å². The van der Waals surface area contributed by atoms with E-state index in [4.69, 9.17) is 4.74 Å². The molecule has 0 saturated carbocycles. The van der Waals surface area contributed by atoms with E-state index in [1.165, 1.54) is 5.56 Å². The van der Waals surface area contributed by atoms with E-state index in [1.54, 1.807) is 4.90 Å². The van der Waals surface area contributed by atoms with Crippen LogP contribution in [0.1, 0.15) is 17.5 Å². The van der Waals surface area contributed by atoms with Crippen LogP contribution in [0.5, 0.6) is 0 Å². The molecule has 28 heavy (non-hydrogen) atoms. The van der Waals surface area contributed by atoms with Crippen LogP contribution in [0.25, 0.3) is 0 Å². The fourth-order valence-electron chi connectivity index (χ4n) is 3.81. The Bertz CT molecular complexity index is 834. The fourth-order valence-corrected chi connectivity index (χ4v) is 3.81. The molecule has 6 heteroatoms. The second kappa shape index (κ2) is 8.54. The van der Waals surface area contributed by atoms with Gasteiger partial charge < -0.3 is 9.64 Å². The number of benzene rings is 2. The smallest absolute Gasteiger partial charge is 0.246 e. The summed E-state index contributed by atoms with van der Waals surface area (Å²) in [4.78, 5) is 27.4. The van der Waals surface area contributed by atoms with Crippen LogP contribution in [0.2, 0.25) is 0 Å². The Balaban J connectivity index is 1.47. The molecular formula is C22H25N3O3. The van der Waals surface area contributed by atoms with Crippen LogP contribution in [0.4, 0.5) is 5.69 Å². The first kappa shape index (κ1) is 18.7. The van der Waals surface area contributed by atoms with Crippen LogP contribution in [-0.2, 0) is 20.7 Å². The lowest BCUT2D eigenvalue weighted by molar-refractivity contribution is -0.137. The molecular weight excluding hydrogens is 354 g/mol. The number of amides is 2. The first-order valence-corrected chi connectivity index (χ1v) is 9.79. The molecule has 2 saturated heterocycles. The van der Waals surface area contributed by atoms with Gasteiger partial charge in [-0.05, 0) is 30.0 Å². The number of para-hydroxylation sites is 1. The van der Waals surface area contributed by atoms with Crippen LogP contribution in [-0.4, -0.2) is 49.7 Å². The Kier molecular flexibility index (Phi) is 5.69. The molecule has 2 fully saturated rings. The predicted octanol–water partition coefficient (Wildman–Crippen LogP) is 1.99. The minimum atomic E-state index is -0.632. The molecule has 2 aromatic carbocycles. The van der Waals surface area contributed by atoms with Crippen molar-refractivity contribution in [1.29, 1.82) is 0 Å². The van der Waals surface area contributed by atoms with Gasteiger partial charge in [-0.3, -0.25) is 15.0 Å². The molecule has 6 nitrogen and oxygen atoms in total. The van der Waals surface area contributed by atoms with Gasteiger partial charge in [0.1, 0.15) is 5.92 Å². The lowest BCUT2D eigenvalue weighted by Gasteiger charge is -2.28. The number of hydrazine groups is 1. The van der Waals surface area contributed by atoms with Gasteiger partial charge >= 0.3 is 0 Å². The highest BCUT2D eigenvalue weighted by Crippen LogP contribution is 2.30. The Morgan fingerprint density at radius 3 is 2.50 bits per heavy atom. The highest BCUT2D eigenvalue weighted by molar-refractivity contribution is 6.09. The van der Waals surface area contributed by atoms with E-state index in [1.807, 2.05) is 41.4 Å². The van der Waals surface area contributed by atoms with Gasteiger partial charge in [0.05, 0.1) is 13.2 Å². The van der Waals surface area contributed by atoms with Gasteiger partial charge in [-0.2, -0.15) is 0 Å². The number of hydrogen-bond donors (Lipinski definition) is 1. The third kappa shape index (κ3) is 4.08. The number of morpholine rings is 1.